The molecule has 3 rings (SSSR count). The summed E-state index contributed by atoms with van der Waals surface area (Å²) < 4.78 is 5.06. The van der Waals surface area contributed by atoms with Crippen LogP contribution >= 0.6 is 0 Å². The number of nitrogens with one attached hydrogen (secondary N) is 1. The zero-order valence-electron chi connectivity index (χ0n) is 12.8. The fourth-order valence-electron chi connectivity index (χ4n) is 2.38. The number of carboxylic acids is 1. The van der Waals surface area contributed by atoms with Crippen molar-refractivity contribution in [2.24, 2.45) is 5.92 Å². The van der Waals surface area contributed by atoms with Gasteiger partial charge in [0.15, 0.2) is 0 Å². The first-order valence-corrected chi connectivity index (χ1v) is 7.60. The molecule has 0 bridgehead atoms. The second kappa shape index (κ2) is 6.24. The molecule has 1 aromatic carbocycles. The predicted molar refractivity (Wildman–Crippen MR) is 82.9 cm³/mol. The number of rotatable bonds is 6. The van der Waals surface area contributed by atoms with Crippen LogP contribution in [0.15, 0.2) is 34.9 Å². The van der Waals surface area contributed by atoms with Crippen molar-refractivity contribution in [1.29, 1.82) is 0 Å². The van der Waals surface area contributed by atoms with Crippen molar-refractivity contribution in [3.8, 4) is 11.3 Å². The number of hydrogen-bond donors (Lipinski definition) is 2. The second-order valence-electron chi connectivity index (χ2n) is 5.99. The molecule has 0 aliphatic heterocycles. The molecule has 0 spiro atoms. The summed E-state index contributed by atoms with van der Waals surface area (Å²) >= 11 is 0. The normalized spacial score (nSPS) is 15.2. The summed E-state index contributed by atoms with van der Waals surface area (Å²) in [6.45, 7) is 1.98. The van der Waals surface area contributed by atoms with E-state index in [1.165, 1.54) is 6.07 Å². The summed E-state index contributed by atoms with van der Waals surface area (Å²) in [5, 5.41) is 15.6. The molecule has 1 saturated carbocycles. The van der Waals surface area contributed by atoms with Gasteiger partial charge in [-0.05, 0) is 19.3 Å². The summed E-state index contributed by atoms with van der Waals surface area (Å²) in [6.07, 6.45) is 2.51. The first-order valence-electron chi connectivity index (χ1n) is 7.60. The van der Waals surface area contributed by atoms with Gasteiger partial charge < -0.3 is 14.9 Å². The molecule has 1 amide bonds. The highest BCUT2D eigenvalue weighted by atomic mass is 16.5. The van der Waals surface area contributed by atoms with Gasteiger partial charge in [-0.3, -0.25) is 4.79 Å². The molecule has 23 heavy (non-hydrogen) atoms. The standard InChI is InChI=1S/C17H18N2O4/c1-10-2-6-12(7-3-10)13-9-15(23-19-13)16(20)18-14(17(21)22)8-11-4-5-11/h2-3,6-7,9,11,14H,4-5,8H2,1H3,(H,18,20)(H,21,22). The van der Waals surface area contributed by atoms with Gasteiger partial charge in [-0.15, -0.1) is 0 Å². The van der Waals surface area contributed by atoms with E-state index in [1.807, 2.05) is 31.2 Å². The van der Waals surface area contributed by atoms with Crippen molar-refractivity contribution in [2.75, 3.05) is 0 Å². The number of aliphatic carboxylic acids is 1. The van der Waals surface area contributed by atoms with Gasteiger partial charge in [0.2, 0.25) is 5.76 Å². The fourth-order valence-corrected chi connectivity index (χ4v) is 2.38. The Morgan fingerprint density at radius 3 is 2.65 bits per heavy atom. The molecule has 2 aromatic rings. The zero-order valence-corrected chi connectivity index (χ0v) is 12.8. The van der Waals surface area contributed by atoms with Gasteiger partial charge in [-0.2, -0.15) is 0 Å². The number of aryl methyl sites for hydroxylation is 1. The van der Waals surface area contributed by atoms with Crippen molar-refractivity contribution in [3.63, 3.8) is 0 Å². The molecule has 1 aliphatic carbocycles. The molecule has 0 saturated heterocycles. The molecule has 1 aromatic heterocycles. The van der Waals surface area contributed by atoms with Crippen LogP contribution < -0.4 is 5.32 Å². The minimum Gasteiger partial charge on any atom is -0.480 e. The highest BCUT2D eigenvalue weighted by Crippen LogP contribution is 2.33. The average Bonchev–Trinajstić information content (AvgIpc) is 3.20. The maximum atomic E-state index is 12.2. The highest BCUT2D eigenvalue weighted by Gasteiger charge is 2.31. The first-order chi connectivity index (χ1) is 11.0. The van der Waals surface area contributed by atoms with Crippen LogP contribution in [0.1, 0.15) is 35.4 Å². The summed E-state index contributed by atoms with van der Waals surface area (Å²) in [4.78, 5) is 23.4. The Balaban J connectivity index is 1.69. The quantitative estimate of drug-likeness (QED) is 0.855. The lowest BCUT2D eigenvalue weighted by Crippen LogP contribution is -2.41. The van der Waals surface area contributed by atoms with Crippen LogP contribution in [0.4, 0.5) is 0 Å². The number of hydrogen-bond acceptors (Lipinski definition) is 4. The number of amides is 1. The number of nitrogens with zero attached hydrogens (tertiary/aromatic N) is 1. The van der Waals surface area contributed by atoms with E-state index in [1.54, 1.807) is 0 Å². The third-order valence-electron chi connectivity index (χ3n) is 3.95. The van der Waals surface area contributed by atoms with Crippen LogP contribution in [0.2, 0.25) is 0 Å². The van der Waals surface area contributed by atoms with Gasteiger partial charge in [0.05, 0.1) is 0 Å². The second-order valence-corrected chi connectivity index (χ2v) is 5.99. The number of carbonyl (C=O) groups excluding carboxylic acids is 1. The largest absolute Gasteiger partial charge is 0.480 e. The Bertz CT molecular complexity index is 716. The van der Waals surface area contributed by atoms with Gasteiger partial charge in [-0.1, -0.05) is 47.8 Å². The number of carbonyl (C=O) groups is 2. The lowest BCUT2D eigenvalue weighted by Gasteiger charge is -2.12. The number of carboxylic acid groups (broad SMARTS) is 1. The summed E-state index contributed by atoms with van der Waals surface area (Å²) in [5.74, 6) is -1.16. The monoisotopic (exact) mass is 314 g/mol. The molecule has 6 heteroatoms. The number of aromatic nitrogens is 1. The van der Waals surface area contributed by atoms with E-state index < -0.39 is 17.9 Å². The molecule has 1 fully saturated rings. The molecule has 6 nitrogen and oxygen atoms in total. The lowest BCUT2D eigenvalue weighted by molar-refractivity contribution is -0.139. The van der Waals surface area contributed by atoms with Gasteiger partial charge >= 0.3 is 5.97 Å². The minimum atomic E-state index is -1.02. The van der Waals surface area contributed by atoms with E-state index in [-0.39, 0.29) is 5.76 Å². The van der Waals surface area contributed by atoms with E-state index in [0.29, 0.717) is 18.0 Å². The van der Waals surface area contributed by atoms with Crippen LogP contribution in [0.3, 0.4) is 0 Å². The molecule has 1 unspecified atom stereocenters. The van der Waals surface area contributed by atoms with Crippen molar-refractivity contribution in [1.82, 2.24) is 10.5 Å². The highest BCUT2D eigenvalue weighted by molar-refractivity contribution is 5.95. The minimum absolute atomic E-state index is 0.0163. The Hall–Kier alpha value is -2.63. The third-order valence-corrected chi connectivity index (χ3v) is 3.95. The maximum absolute atomic E-state index is 12.2. The summed E-state index contributed by atoms with van der Waals surface area (Å²) in [7, 11) is 0. The fraction of sp³-hybridized carbons (Fsp3) is 0.353. The third kappa shape index (κ3) is 3.77. The van der Waals surface area contributed by atoms with E-state index in [2.05, 4.69) is 10.5 Å². The van der Waals surface area contributed by atoms with Crippen LogP contribution in [-0.4, -0.2) is 28.2 Å². The average molecular weight is 314 g/mol. The van der Waals surface area contributed by atoms with Crippen molar-refractivity contribution < 1.29 is 19.2 Å². The summed E-state index contributed by atoms with van der Waals surface area (Å²) in [6, 6.07) is 8.31. The Labute approximate surface area is 133 Å². The predicted octanol–water partition coefficient (Wildman–Crippen LogP) is 2.63. The molecule has 2 N–H and O–H groups in total. The van der Waals surface area contributed by atoms with E-state index >= 15 is 0 Å². The van der Waals surface area contributed by atoms with Crippen LogP contribution in [0, 0.1) is 12.8 Å². The molecule has 0 radical (unpaired) electrons. The van der Waals surface area contributed by atoms with Crippen LogP contribution in [0.25, 0.3) is 11.3 Å². The van der Waals surface area contributed by atoms with Crippen molar-refractivity contribution >= 4 is 11.9 Å². The zero-order chi connectivity index (χ0) is 16.4. The van der Waals surface area contributed by atoms with Gasteiger partial charge in [-0.25, -0.2) is 4.79 Å². The molecular formula is C17H18N2O4. The van der Waals surface area contributed by atoms with E-state index in [4.69, 9.17) is 4.52 Å². The van der Waals surface area contributed by atoms with Gasteiger partial charge in [0.25, 0.3) is 5.91 Å². The Morgan fingerprint density at radius 2 is 2.04 bits per heavy atom. The Kier molecular flexibility index (Phi) is 4.14. The van der Waals surface area contributed by atoms with E-state index in [0.717, 1.165) is 24.0 Å². The molecule has 1 heterocycles. The topological polar surface area (TPSA) is 92.4 Å². The van der Waals surface area contributed by atoms with Crippen molar-refractivity contribution in [3.05, 3.63) is 41.7 Å². The SMILES string of the molecule is Cc1ccc(-c2cc(C(=O)NC(CC3CC3)C(=O)O)on2)cc1. The van der Waals surface area contributed by atoms with E-state index in [9.17, 15) is 14.7 Å². The number of benzene rings is 1. The molecule has 1 aliphatic rings. The lowest BCUT2D eigenvalue weighted by atomic mass is 10.1. The van der Waals surface area contributed by atoms with Gasteiger partial charge in [0, 0.05) is 11.6 Å². The smallest absolute Gasteiger partial charge is 0.326 e. The first kappa shape index (κ1) is 15.3. The molecular weight excluding hydrogens is 296 g/mol. The molecule has 120 valence electrons. The van der Waals surface area contributed by atoms with Gasteiger partial charge in [0.1, 0.15) is 11.7 Å². The maximum Gasteiger partial charge on any atom is 0.326 e. The van der Waals surface area contributed by atoms with Crippen LogP contribution in [-0.2, 0) is 4.79 Å². The Morgan fingerprint density at radius 1 is 1.35 bits per heavy atom. The summed E-state index contributed by atoms with van der Waals surface area (Å²) in [5.41, 5.74) is 2.51. The van der Waals surface area contributed by atoms with Crippen LogP contribution in [0.5, 0.6) is 0 Å². The molecule has 1 atom stereocenters. The van der Waals surface area contributed by atoms with Crippen molar-refractivity contribution in [2.45, 2.75) is 32.2 Å².